The molecule has 0 aliphatic carbocycles. The lowest BCUT2D eigenvalue weighted by Gasteiger charge is -2.37. The van der Waals surface area contributed by atoms with E-state index >= 15 is 0 Å². The van der Waals surface area contributed by atoms with Crippen molar-refractivity contribution < 1.29 is 28.6 Å². The predicted octanol–water partition coefficient (Wildman–Crippen LogP) is 8.65. The van der Waals surface area contributed by atoms with E-state index in [1.165, 1.54) is 7.11 Å². The third-order valence-corrected chi connectivity index (χ3v) is 12.5. The van der Waals surface area contributed by atoms with Gasteiger partial charge in [-0.3, -0.25) is 4.79 Å². The molecule has 0 fully saturated rings. The van der Waals surface area contributed by atoms with Crippen LogP contribution >= 0.6 is 23.5 Å². The van der Waals surface area contributed by atoms with Crippen molar-refractivity contribution in [2.45, 2.75) is 88.5 Å². The van der Waals surface area contributed by atoms with E-state index in [0.717, 1.165) is 28.7 Å². The first-order valence-corrected chi connectivity index (χ1v) is 22.8. The van der Waals surface area contributed by atoms with Crippen molar-refractivity contribution in [2.24, 2.45) is 5.92 Å². The van der Waals surface area contributed by atoms with Gasteiger partial charge in [0, 0.05) is 24.8 Å². The minimum Gasteiger partial charge on any atom is -0.467 e. The average molecular weight is 842 g/mol. The molecule has 3 N–H and O–H groups in total. The number of carbonyl (C=O) groups excluding carboxylic acids is 3. The molecule has 0 saturated carbocycles. The van der Waals surface area contributed by atoms with E-state index in [4.69, 9.17) is 14.2 Å². The maximum absolute atomic E-state index is 13.9. The molecule has 4 rings (SSSR count). The molecular formula is C48H63N3O6S2. The Balaban J connectivity index is 1.62. The molecule has 0 aromatic heterocycles. The lowest BCUT2D eigenvalue weighted by molar-refractivity contribution is -0.147. The van der Waals surface area contributed by atoms with Crippen LogP contribution in [-0.4, -0.2) is 85.8 Å². The number of thioether (sulfide) groups is 2. The van der Waals surface area contributed by atoms with Gasteiger partial charge in [-0.25, -0.2) is 9.59 Å². The summed E-state index contributed by atoms with van der Waals surface area (Å²) in [5.74, 6) is 0.523. The molecule has 0 bridgehead atoms. The maximum Gasteiger partial charge on any atom is 0.407 e. The van der Waals surface area contributed by atoms with E-state index in [1.54, 1.807) is 23.5 Å². The molecule has 0 aliphatic rings. The summed E-state index contributed by atoms with van der Waals surface area (Å²) < 4.78 is 16.7. The largest absolute Gasteiger partial charge is 0.467 e. The molecule has 0 saturated heterocycles. The average Bonchev–Trinajstić information content (AvgIpc) is 3.24. The Labute approximate surface area is 360 Å². The predicted molar refractivity (Wildman–Crippen MR) is 243 cm³/mol. The number of nitrogens with one attached hydrogen (secondary N) is 3. The van der Waals surface area contributed by atoms with E-state index in [0.29, 0.717) is 30.9 Å². The molecule has 0 aliphatic heterocycles. The lowest BCUT2D eigenvalue weighted by Crippen LogP contribution is -2.52. The number of hydrogen-bond acceptors (Lipinski definition) is 9. The van der Waals surface area contributed by atoms with E-state index < -0.39 is 34.6 Å². The minimum absolute atomic E-state index is 0.159. The molecule has 4 aromatic rings. The summed E-state index contributed by atoms with van der Waals surface area (Å²) in [4.78, 5) is 40.0. The van der Waals surface area contributed by atoms with Gasteiger partial charge in [-0.15, -0.1) is 11.8 Å². The van der Waals surface area contributed by atoms with Gasteiger partial charge < -0.3 is 30.2 Å². The van der Waals surface area contributed by atoms with E-state index in [9.17, 15) is 14.4 Å². The summed E-state index contributed by atoms with van der Waals surface area (Å²) in [7, 11) is 1.33. The summed E-state index contributed by atoms with van der Waals surface area (Å²) in [5, 5.41) is 9.83. The van der Waals surface area contributed by atoms with Crippen molar-refractivity contribution in [3.8, 4) is 0 Å². The second-order valence-corrected chi connectivity index (χ2v) is 17.9. The van der Waals surface area contributed by atoms with Gasteiger partial charge in [0.1, 0.15) is 17.7 Å². The Kier molecular flexibility index (Phi) is 19.3. The number of carbonyl (C=O) groups is 3. The Morgan fingerprint density at radius 2 is 1.29 bits per heavy atom. The van der Waals surface area contributed by atoms with Crippen LogP contribution in [0.1, 0.15) is 69.7 Å². The molecule has 5 atom stereocenters. The van der Waals surface area contributed by atoms with Crippen molar-refractivity contribution in [3.63, 3.8) is 0 Å². The van der Waals surface area contributed by atoms with E-state index in [1.807, 2.05) is 75.6 Å². The van der Waals surface area contributed by atoms with Crippen molar-refractivity contribution in [2.75, 3.05) is 38.0 Å². The highest BCUT2D eigenvalue weighted by molar-refractivity contribution is 8.00. The third kappa shape index (κ3) is 14.7. The van der Waals surface area contributed by atoms with Crippen LogP contribution in [0.4, 0.5) is 4.79 Å². The number of benzene rings is 4. The topological polar surface area (TPSA) is 115 Å². The fourth-order valence-corrected chi connectivity index (χ4v) is 8.82. The van der Waals surface area contributed by atoms with Crippen molar-refractivity contribution in [3.05, 3.63) is 144 Å². The van der Waals surface area contributed by atoms with Crippen LogP contribution in [0.3, 0.4) is 0 Å². The van der Waals surface area contributed by atoms with Gasteiger partial charge in [-0.2, -0.15) is 11.8 Å². The van der Waals surface area contributed by atoms with Crippen LogP contribution in [0, 0.1) is 5.92 Å². The van der Waals surface area contributed by atoms with Gasteiger partial charge >= 0.3 is 12.1 Å². The quantitative estimate of drug-likeness (QED) is 0.0499. The number of alkyl carbamates (subject to hydrolysis) is 1. The van der Waals surface area contributed by atoms with Crippen LogP contribution in [0.15, 0.2) is 121 Å². The van der Waals surface area contributed by atoms with Crippen LogP contribution in [0.2, 0.25) is 0 Å². The molecule has 2 amide bonds. The standard InChI is InChI=1S/C48H63N3O6S2/c1-8-35(2)42(33-56-43(31-36-21-13-9-14-22-36)44(52)51-41(29-30-58-7)45(53)55-6)49-32-40(50-46(54)57-47(3,4)5)34-59-48(37-23-15-10-16-24-37,38-25-17-11-18-26-38)39-27-19-12-20-28-39/h9-28,35,40-43,49H,8,29-34H2,1-7H3,(H,50,54)(H,51,52)/t35-,40?,41+,42?,43?/m0/s1. The summed E-state index contributed by atoms with van der Waals surface area (Å²) in [6, 6.07) is 39.9. The second-order valence-electron chi connectivity index (χ2n) is 15.7. The third-order valence-electron chi connectivity index (χ3n) is 10.2. The summed E-state index contributed by atoms with van der Waals surface area (Å²) in [5.41, 5.74) is 3.64. The normalized spacial score (nSPS) is 14.3. The molecule has 4 aromatic carbocycles. The minimum atomic E-state index is -0.860. The van der Waals surface area contributed by atoms with Crippen molar-refractivity contribution >= 4 is 41.5 Å². The van der Waals surface area contributed by atoms with Gasteiger partial charge in [0.15, 0.2) is 0 Å². The molecular weight excluding hydrogens is 779 g/mol. The molecule has 11 heteroatoms. The zero-order valence-electron chi connectivity index (χ0n) is 35.6. The summed E-state index contributed by atoms with van der Waals surface area (Å²) in [6.07, 6.45) is 2.23. The Hall–Kier alpha value is -4.29. The SMILES string of the molecule is CC[C@H](C)C(COC(Cc1ccccc1)C(=O)N[C@H](CCSC)C(=O)OC)NCC(CSC(c1ccccc1)(c1ccccc1)c1ccccc1)NC(=O)OC(C)(C)C. The number of methoxy groups -OCH3 is 1. The number of esters is 1. The first kappa shape index (κ1) is 47.4. The maximum atomic E-state index is 13.9. The van der Waals surface area contributed by atoms with Gasteiger partial charge in [0.2, 0.25) is 5.91 Å². The molecule has 0 spiro atoms. The van der Waals surface area contributed by atoms with Crippen LogP contribution in [-0.2, 0) is 35.0 Å². The first-order valence-electron chi connectivity index (χ1n) is 20.5. The van der Waals surface area contributed by atoms with Gasteiger partial charge in [0.05, 0.1) is 24.5 Å². The van der Waals surface area contributed by atoms with Crippen LogP contribution in [0.5, 0.6) is 0 Å². The Bertz CT molecular complexity index is 1730. The van der Waals surface area contributed by atoms with Crippen molar-refractivity contribution in [1.82, 2.24) is 16.0 Å². The van der Waals surface area contributed by atoms with Gasteiger partial charge in [-0.05, 0) is 67.4 Å². The summed E-state index contributed by atoms with van der Waals surface area (Å²) in [6.45, 7) is 10.5. The Morgan fingerprint density at radius 3 is 1.76 bits per heavy atom. The van der Waals surface area contributed by atoms with E-state index in [2.05, 4.69) is 103 Å². The lowest BCUT2D eigenvalue weighted by atomic mass is 9.84. The summed E-state index contributed by atoms with van der Waals surface area (Å²) >= 11 is 3.36. The van der Waals surface area contributed by atoms with Gasteiger partial charge in [-0.1, -0.05) is 142 Å². The fraction of sp³-hybridized carbons (Fsp3) is 0.438. The monoisotopic (exact) mass is 841 g/mol. The zero-order chi connectivity index (χ0) is 42.7. The second kappa shape index (κ2) is 24.1. The molecule has 0 heterocycles. The molecule has 9 nitrogen and oxygen atoms in total. The van der Waals surface area contributed by atoms with Crippen LogP contribution in [0.25, 0.3) is 0 Å². The highest BCUT2D eigenvalue weighted by Crippen LogP contribution is 2.48. The smallest absolute Gasteiger partial charge is 0.407 e. The van der Waals surface area contributed by atoms with Crippen molar-refractivity contribution in [1.29, 1.82) is 0 Å². The number of rotatable bonds is 23. The highest BCUT2D eigenvalue weighted by atomic mass is 32.2. The van der Waals surface area contributed by atoms with Crippen LogP contribution < -0.4 is 16.0 Å². The number of ether oxygens (including phenoxy) is 3. The van der Waals surface area contributed by atoms with E-state index in [-0.39, 0.29) is 30.5 Å². The zero-order valence-corrected chi connectivity index (χ0v) is 37.3. The Morgan fingerprint density at radius 1 is 0.763 bits per heavy atom. The molecule has 59 heavy (non-hydrogen) atoms. The molecule has 0 radical (unpaired) electrons. The number of hydrogen-bond donors (Lipinski definition) is 3. The van der Waals surface area contributed by atoms with Gasteiger partial charge in [0.25, 0.3) is 0 Å². The molecule has 318 valence electrons. The fourth-order valence-electron chi connectivity index (χ4n) is 6.79. The number of amides is 2. The molecule has 3 unspecified atom stereocenters. The first-order chi connectivity index (χ1) is 28.4. The highest BCUT2D eigenvalue weighted by Gasteiger charge is 2.38.